The number of rotatable bonds is 9. The number of methoxy groups -OCH3 is 1. The van der Waals surface area contributed by atoms with Gasteiger partial charge in [0, 0.05) is 20.1 Å². The van der Waals surface area contributed by atoms with Crippen LogP contribution in [-0.4, -0.2) is 46.7 Å². The molecule has 178 valence electrons. The molecule has 3 aromatic rings. The number of nitrogens with zero attached hydrogens (tertiary/aromatic N) is 2. The van der Waals surface area contributed by atoms with E-state index in [2.05, 4.69) is 16.0 Å². The van der Waals surface area contributed by atoms with Crippen molar-refractivity contribution in [3.05, 3.63) is 58.9 Å². The average Bonchev–Trinajstić information content (AvgIpc) is 3.40. The zero-order valence-corrected chi connectivity index (χ0v) is 19.8. The molecule has 1 aromatic heterocycles. The highest BCUT2D eigenvalue weighted by molar-refractivity contribution is 6.27. The number of aryl methyl sites for hydroxylation is 1. The number of imidazole rings is 1. The number of fused-ring (bicyclic) bond motifs is 2. The first-order valence-electron chi connectivity index (χ1n) is 11.0. The monoisotopic (exact) mass is 482 g/mol. The molecule has 1 aliphatic rings. The van der Waals surface area contributed by atoms with E-state index in [1.807, 2.05) is 35.9 Å². The number of halogens is 1. The Balaban J connectivity index is 1.64. The van der Waals surface area contributed by atoms with E-state index in [-0.39, 0.29) is 23.5 Å². The number of aromatic nitrogens is 2. The van der Waals surface area contributed by atoms with Crippen molar-refractivity contribution in [3.8, 4) is 5.75 Å². The number of nitrogens with one attached hydrogen (secondary N) is 4. The topological polar surface area (TPSA) is 121 Å². The first-order valence-corrected chi connectivity index (χ1v) is 11.6. The van der Waals surface area contributed by atoms with Crippen molar-refractivity contribution in [2.45, 2.75) is 25.4 Å². The average molecular weight is 483 g/mol. The first kappa shape index (κ1) is 23.6. The number of para-hydroxylation sites is 1. The van der Waals surface area contributed by atoms with Crippen LogP contribution in [0.2, 0.25) is 0 Å². The van der Waals surface area contributed by atoms with E-state index in [1.165, 1.54) is 0 Å². The summed E-state index contributed by atoms with van der Waals surface area (Å²) in [5.41, 5.74) is 3.17. The normalized spacial score (nSPS) is 13.3. The zero-order valence-electron chi connectivity index (χ0n) is 19.1. The van der Waals surface area contributed by atoms with E-state index in [0.29, 0.717) is 54.1 Å². The molecule has 0 saturated carbocycles. The Morgan fingerprint density at radius 2 is 2.12 bits per heavy atom. The van der Waals surface area contributed by atoms with E-state index < -0.39 is 6.04 Å². The van der Waals surface area contributed by atoms with Crippen LogP contribution in [0.15, 0.2) is 36.4 Å². The lowest BCUT2D eigenvalue weighted by Gasteiger charge is -2.20. The lowest BCUT2D eigenvalue weighted by Crippen LogP contribution is -2.32. The Labute approximate surface area is 202 Å². The Kier molecular flexibility index (Phi) is 7.02. The second-order valence-corrected chi connectivity index (χ2v) is 8.35. The number of amides is 2. The van der Waals surface area contributed by atoms with Gasteiger partial charge in [-0.25, -0.2) is 4.98 Å². The van der Waals surface area contributed by atoms with Gasteiger partial charge in [0.1, 0.15) is 22.9 Å². The SMILES string of the molecule is COc1cccc2c1nc([C@H](CCCNC(=N)CCl)NC(=O)c1cccc3c1C(=O)NC3)n2C. The number of benzene rings is 2. The molecule has 1 atom stereocenters. The molecule has 0 spiro atoms. The van der Waals surface area contributed by atoms with Gasteiger partial charge in [0.2, 0.25) is 0 Å². The lowest BCUT2D eigenvalue weighted by molar-refractivity contribution is 0.0912. The molecule has 9 nitrogen and oxygen atoms in total. The largest absolute Gasteiger partial charge is 0.494 e. The quantitative estimate of drug-likeness (QED) is 0.162. The number of hydrogen-bond acceptors (Lipinski definition) is 5. The van der Waals surface area contributed by atoms with Crippen LogP contribution in [0.5, 0.6) is 5.75 Å². The van der Waals surface area contributed by atoms with Crippen LogP contribution < -0.4 is 20.7 Å². The van der Waals surface area contributed by atoms with Gasteiger partial charge in [-0.15, -0.1) is 11.6 Å². The summed E-state index contributed by atoms with van der Waals surface area (Å²) in [5, 5.41) is 16.5. The molecular formula is C24H27ClN6O3. The minimum atomic E-state index is -0.429. The summed E-state index contributed by atoms with van der Waals surface area (Å²) in [6.45, 7) is 0.954. The molecule has 0 aliphatic carbocycles. The zero-order chi connectivity index (χ0) is 24.2. The second kappa shape index (κ2) is 10.1. The van der Waals surface area contributed by atoms with Crippen LogP contribution in [0.1, 0.15) is 51.0 Å². The minimum absolute atomic E-state index is 0.117. The number of ether oxygens (including phenoxy) is 1. The lowest BCUT2D eigenvalue weighted by atomic mass is 10.0. The Morgan fingerprint density at radius 3 is 2.88 bits per heavy atom. The van der Waals surface area contributed by atoms with E-state index in [1.54, 1.807) is 19.2 Å². The smallest absolute Gasteiger partial charge is 0.252 e. The predicted octanol–water partition coefficient (Wildman–Crippen LogP) is 2.88. The molecule has 2 amide bonds. The third-order valence-corrected chi connectivity index (χ3v) is 6.22. The van der Waals surface area contributed by atoms with Gasteiger partial charge in [0.05, 0.1) is 35.7 Å². The van der Waals surface area contributed by atoms with Crippen molar-refractivity contribution in [1.82, 2.24) is 25.5 Å². The molecule has 0 unspecified atom stereocenters. The number of amidine groups is 1. The van der Waals surface area contributed by atoms with Gasteiger partial charge in [0.25, 0.3) is 11.8 Å². The fourth-order valence-corrected chi connectivity index (χ4v) is 4.34. The van der Waals surface area contributed by atoms with E-state index in [9.17, 15) is 9.59 Å². The Hall–Kier alpha value is -3.59. The predicted molar refractivity (Wildman–Crippen MR) is 131 cm³/mol. The highest BCUT2D eigenvalue weighted by Crippen LogP contribution is 2.29. The highest BCUT2D eigenvalue weighted by Gasteiger charge is 2.28. The molecule has 0 saturated heterocycles. The third kappa shape index (κ3) is 4.56. The van der Waals surface area contributed by atoms with Crippen LogP contribution in [0.4, 0.5) is 0 Å². The maximum Gasteiger partial charge on any atom is 0.252 e. The van der Waals surface area contributed by atoms with Crippen LogP contribution in [-0.2, 0) is 13.6 Å². The fourth-order valence-electron chi connectivity index (χ4n) is 4.25. The van der Waals surface area contributed by atoms with Crippen molar-refractivity contribution < 1.29 is 14.3 Å². The summed E-state index contributed by atoms with van der Waals surface area (Å²) in [7, 11) is 3.50. The number of alkyl halides is 1. The van der Waals surface area contributed by atoms with Gasteiger partial charge >= 0.3 is 0 Å². The van der Waals surface area contributed by atoms with Gasteiger partial charge in [-0.3, -0.25) is 15.0 Å². The summed E-state index contributed by atoms with van der Waals surface area (Å²) in [6, 6.07) is 10.6. The molecular weight excluding hydrogens is 456 g/mol. The van der Waals surface area contributed by atoms with Crippen LogP contribution in [0.3, 0.4) is 0 Å². The van der Waals surface area contributed by atoms with Crippen molar-refractivity contribution >= 4 is 40.3 Å². The fraction of sp³-hybridized carbons (Fsp3) is 0.333. The van der Waals surface area contributed by atoms with E-state index >= 15 is 0 Å². The summed E-state index contributed by atoms with van der Waals surface area (Å²) < 4.78 is 7.42. The van der Waals surface area contributed by atoms with Gasteiger partial charge in [0.15, 0.2) is 0 Å². The highest BCUT2D eigenvalue weighted by atomic mass is 35.5. The Morgan fingerprint density at radius 1 is 1.32 bits per heavy atom. The third-order valence-electron chi connectivity index (χ3n) is 5.95. The summed E-state index contributed by atoms with van der Waals surface area (Å²) in [5.74, 6) is 1.12. The van der Waals surface area contributed by atoms with Crippen LogP contribution in [0.25, 0.3) is 11.0 Å². The number of carbonyl (C=O) groups is 2. The molecule has 0 bridgehead atoms. The Bertz CT molecular complexity index is 1250. The van der Waals surface area contributed by atoms with Gasteiger partial charge in [-0.1, -0.05) is 18.2 Å². The summed E-state index contributed by atoms with van der Waals surface area (Å²) in [4.78, 5) is 30.5. The van der Waals surface area contributed by atoms with E-state index in [4.69, 9.17) is 26.7 Å². The maximum atomic E-state index is 13.4. The van der Waals surface area contributed by atoms with Gasteiger partial charge in [-0.2, -0.15) is 0 Å². The molecule has 10 heteroatoms. The van der Waals surface area contributed by atoms with Crippen molar-refractivity contribution in [2.24, 2.45) is 7.05 Å². The van der Waals surface area contributed by atoms with Crippen molar-refractivity contribution in [2.75, 3.05) is 19.5 Å². The van der Waals surface area contributed by atoms with Crippen molar-refractivity contribution in [3.63, 3.8) is 0 Å². The molecule has 4 rings (SSSR count). The molecule has 2 heterocycles. The molecule has 1 aliphatic heterocycles. The van der Waals surface area contributed by atoms with Crippen LogP contribution >= 0.6 is 11.6 Å². The summed E-state index contributed by atoms with van der Waals surface area (Å²) >= 11 is 5.68. The molecule has 4 N–H and O–H groups in total. The van der Waals surface area contributed by atoms with Crippen molar-refractivity contribution in [1.29, 1.82) is 5.41 Å². The molecule has 0 radical (unpaired) electrons. The standard InChI is InChI=1S/C24H27ClN6O3/c1-31-17-9-4-10-18(34-2)21(17)30-22(31)16(8-5-11-27-19(26)12-25)29-23(32)15-7-3-6-14-13-28-24(33)20(14)15/h3-4,6-7,9-10,16H,5,8,11-13H2,1-2H3,(H2,26,27)(H,28,33)(H,29,32)/t16-/m0/s1. The molecule has 2 aromatic carbocycles. The van der Waals surface area contributed by atoms with E-state index in [0.717, 1.165) is 11.1 Å². The number of hydrogen-bond donors (Lipinski definition) is 4. The minimum Gasteiger partial charge on any atom is -0.494 e. The second-order valence-electron chi connectivity index (χ2n) is 8.09. The molecule has 34 heavy (non-hydrogen) atoms. The first-order chi connectivity index (χ1) is 16.4. The van der Waals surface area contributed by atoms with Gasteiger partial charge < -0.3 is 25.3 Å². The molecule has 0 fully saturated rings. The maximum absolute atomic E-state index is 13.4. The van der Waals surface area contributed by atoms with Crippen LogP contribution in [0, 0.1) is 5.41 Å². The summed E-state index contributed by atoms with van der Waals surface area (Å²) in [6.07, 6.45) is 1.23. The number of carbonyl (C=O) groups excluding carboxylic acids is 2. The van der Waals surface area contributed by atoms with Gasteiger partial charge in [-0.05, 0) is 36.6 Å².